The van der Waals surface area contributed by atoms with Gasteiger partial charge in [-0.15, -0.1) is 0 Å². The summed E-state index contributed by atoms with van der Waals surface area (Å²) in [6.45, 7) is 2.31. The summed E-state index contributed by atoms with van der Waals surface area (Å²) in [4.78, 5) is 12.6. The molecule has 0 saturated heterocycles. The quantitative estimate of drug-likeness (QED) is 0.836. The van der Waals surface area contributed by atoms with Gasteiger partial charge in [-0.25, -0.2) is 0 Å². The number of alkyl halides is 1. The fraction of sp³-hybridized carbons (Fsp3) is 0.588. The molecule has 108 valence electrons. The summed E-state index contributed by atoms with van der Waals surface area (Å²) >= 11 is 3.62. The van der Waals surface area contributed by atoms with Crippen molar-refractivity contribution in [3.8, 4) is 0 Å². The van der Waals surface area contributed by atoms with Gasteiger partial charge in [-0.1, -0.05) is 47.1 Å². The minimum absolute atomic E-state index is 0.0197. The second kappa shape index (κ2) is 5.51. The molecule has 0 spiro atoms. The molecule has 0 aromatic heterocycles. The summed E-state index contributed by atoms with van der Waals surface area (Å²) in [6.07, 6.45) is 5.52. The van der Waals surface area contributed by atoms with E-state index in [1.807, 2.05) is 6.07 Å². The molecule has 2 nitrogen and oxygen atoms in total. The van der Waals surface area contributed by atoms with Crippen LogP contribution in [0.5, 0.6) is 0 Å². The predicted octanol–water partition coefficient (Wildman–Crippen LogP) is 3.79. The first kappa shape index (κ1) is 14.1. The Balaban J connectivity index is 1.67. The van der Waals surface area contributed by atoms with Crippen molar-refractivity contribution in [1.29, 1.82) is 0 Å². The number of nitrogens with one attached hydrogen (secondary N) is 1. The maximum atomic E-state index is 12.6. The van der Waals surface area contributed by atoms with Crippen LogP contribution in [0.1, 0.15) is 49.7 Å². The molecule has 1 fully saturated rings. The summed E-state index contributed by atoms with van der Waals surface area (Å²) in [7, 11) is 0. The number of halogens is 1. The Morgan fingerprint density at radius 2 is 2.05 bits per heavy atom. The van der Waals surface area contributed by atoms with Crippen molar-refractivity contribution in [3.05, 3.63) is 35.4 Å². The normalized spacial score (nSPS) is 32.1. The maximum absolute atomic E-state index is 12.6. The molecule has 1 aromatic rings. The number of hydrogen-bond donors (Lipinski definition) is 1. The van der Waals surface area contributed by atoms with E-state index in [1.165, 1.54) is 24.0 Å². The monoisotopic (exact) mass is 335 g/mol. The molecule has 3 heteroatoms. The summed E-state index contributed by atoms with van der Waals surface area (Å²) in [5.74, 6) is 1.09. The standard InChI is InChI=1S/C17H22BrNO/c1-12-6-8-17(11-18,9-7-12)19-16(20)15-10-13-4-2-3-5-14(13)15/h2-5,12,15H,6-11H2,1H3,(H,19,20). The number of carbonyl (C=O) groups excluding carboxylic acids is 1. The van der Waals surface area contributed by atoms with E-state index in [9.17, 15) is 4.79 Å². The van der Waals surface area contributed by atoms with Crippen molar-refractivity contribution in [2.45, 2.75) is 50.5 Å². The second-order valence-electron chi connectivity index (χ2n) is 6.54. The largest absolute Gasteiger partial charge is 0.349 e. The Bertz CT molecular complexity index is 505. The Kier molecular flexibility index (Phi) is 3.89. The van der Waals surface area contributed by atoms with E-state index < -0.39 is 0 Å². The summed E-state index contributed by atoms with van der Waals surface area (Å²) < 4.78 is 0. The van der Waals surface area contributed by atoms with Crippen LogP contribution in [0.25, 0.3) is 0 Å². The number of benzene rings is 1. The number of rotatable bonds is 3. The van der Waals surface area contributed by atoms with Crippen LogP contribution in [0.2, 0.25) is 0 Å². The molecule has 0 radical (unpaired) electrons. The molecular formula is C17H22BrNO. The van der Waals surface area contributed by atoms with E-state index in [0.29, 0.717) is 0 Å². The van der Waals surface area contributed by atoms with Gasteiger partial charge in [0.15, 0.2) is 0 Å². The molecule has 1 unspecified atom stereocenters. The smallest absolute Gasteiger partial charge is 0.228 e. The van der Waals surface area contributed by atoms with Crippen LogP contribution in [-0.2, 0) is 11.2 Å². The molecule has 3 rings (SSSR count). The van der Waals surface area contributed by atoms with Gasteiger partial charge in [-0.2, -0.15) is 0 Å². The third-order valence-corrected chi connectivity index (χ3v) is 6.12. The molecule has 2 aliphatic rings. The zero-order valence-corrected chi connectivity index (χ0v) is 13.6. The Morgan fingerprint density at radius 1 is 1.35 bits per heavy atom. The molecule has 0 bridgehead atoms. The fourth-order valence-corrected chi connectivity index (χ4v) is 4.15. The van der Waals surface area contributed by atoms with Crippen LogP contribution in [0.15, 0.2) is 24.3 Å². The Labute approximate surface area is 129 Å². The number of fused-ring (bicyclic) bond motifs is 1. The predicted molar refractivity (Wildman–Crippen MR) is 85.2 cm³/mol. The van der Waals surface area contributed by atoms with Crippen molar-refractivity contribution in [1.82, 2.24) is 5.32 Å². The van der Waals surface area contributed by atoms with E-state index in [2.05, 4.69) is 46.4 Å². The van der Waals surface area contributed by atoms with Gasteiger partial charge in [0, 0.05) is 10.9 Å². The summed E-state index contributed by atoms with van der Waals surface area (Å²) in [5, 5.41) is 4.23. The van der Waals surface area contributed by atoms with Gasteiger partial charge in [-0.3, -0.25) is 4.79 Å². The molecule has 1 aromatic carbocycles. The summed E-state index contributed by atoms with van der Waals surface area (Å²) in [6, 6.07) is 8.30. The minimum atomic E-state index is -0.0197. The van der Waals surface area contributed by atoms with E-state index >= 15 is 0 Å². The molecular weight excluding hydrogens is 314 g/mol. The molecule has 1 atom stereocenters. The van der Waals surface area contributed by atoms with Crippen LogP contribution in [0.3, 0.4) is 0 Å². The molecule has 0 heterocycles. The number of hydrogen-bond acceptors (Lipinski definition) is 1. The van der Waals surface area contributed by atoms with Crippen LogP contribution < -0.4 is 5.32 Å². The van der Waals surface area contributed by atoms with Crippen molar-refractivity contribution in [2.75, 3.05) is 5.33 Å². The lowest BCUT2D eigenvalue weighted by Crippen LogP contribution is -2.54. The van der Waals surface area contributed by atoms with Gasteiger partial charge in [0.1, 0.15) is 0 Å². The van der Waals surface area contributed by atoms with E-state index in [-0.39, 0.29) is 17.4 Å². The van der Waals surface area contributed by atoms with E-state index in [0.717, 1.165) is 30.5 Å². The van der Waals surface area contributed by atoms with Crippen molar-refractivity contribution in [3.63, 3.8) is 0 Å². The number of carbonyl (C=O) groups is 1. The van der Waals surface area contributed by atoms with E-state index in [1.54, 1.807) is 0 Å². The van der Waals surface area contributed by atoms with Crippen molar-refractivity contribution >= 4 is 21.8 Å². The van der Waals surface area contributed by atoms with Gasteiger partial charge in [0.05, 0.1) is 5.92 Å². The lowest BCUT2D eigenvalue weighted by molar-refractivity contribution is -0.125. The average Bonchev–Trinajstić information content (AvgIpc) is 2.43. The molecule has 2 aliphatic carbocycles. The zero-order valence-electron chi connectivity index (χ0n) is 12.0. The van der Waals surface area contributed by atoms with Gasteiger partial charge in [0.2, 0.25) is 5.91 Å². The molecule has 20 heavy (non-hydrogen) atoms. The summed E-state index contributed by atoms with van der Waals surface area (Å²) in [5.41, 5.74) is 2.53. The van der Waals surface area contributed by atoms with Crippen LogP contribution in [-0.4, -0.2) is 16.8 Å². The first-order valence-corrected chi connectivity index (χ1v) is 8.71. The van der Waals surface area contributed by atoms with Crippen LogP contribution >= 0.6 is 15.9 Å². The highest BCUT2D eigenvalue weighted by atomic mass is 79.9. The van der Waals surface area contributed by atoms with Crippen LogP contribution in [0, 0.1) is 5.92 Å². The number of amides is 1. The maximum Gasteiger partial charge on any atom is 0.228 e. The van der Waals surface area contributed by atoms with Gasteiger partial charge >= 0.3 is 0 Å². The van der Waals surface area contributed by atoms with Gasteiger partial charge in [-0.05, 0) is 49.1 Å². The molecule has 1 amide bonds. The highest BCUT2D eigenvalue weighted by molar-refractivity contribution is 9.09. The highest BCUT2D eigenvalue weighted by Gasteiger charge is 2.39. The van der Waals surface area contributed by atoms with Crippen LogP contribution in [0.4, 0.5) is 0 Å². The lowest BCUT2D eigenvalue weighted by Gasteiger charge is -2.41. The third kappa shape index (κ3) is 2.52. The molecule has 1 N–H and O–H groups in total. The third-order valence-electron chi connectivity index (χ3n) is 5.05. The SMILES string of the molecule is CC1CCC(CBr)(NC(=O)C2Cc3ccccc32)CC1. The lowest BCUT2D eigenvalue weighted by atomic mass is 9.75. The first-order chi connectivity index (χ1) is 9.63. The van der Waals surface area contributed by atoms with Crippen molar-refractivity contribution in [2.24, 2.45) is 5.92 Å². The second-order valence-corrected chi connectivity index (χ2v) is 7.10. The van der Waals surface area contributed by atoms with E-state index in [4.69, 9.17) is 0 Å². The molecule has 0 aliphatic heterocycles. The average molecular weight is 336 g/mol. The highest BCUT2D eigenvalue weighted by Crippen LogP contribution is 2.38. The zero-order chi connectivity index (χ0) is 14.2. The Morgan fingerprint density at radius 3 is 2.70 bits per heavy atom. The Hall–Kier alpha value is -0.830. The fourth-order valence-electron chi connectivity index (χ4n) is 3.45. The van der Waals surface area contributed by atoms with Crippen molar-refractivity contribution < 1.29 is 4.79 Å². The first-order valence-electron chi connectivity index (χ1n) is 7.59. The molecule has 1 saturated carbocycles. The topological polar surface area (TPSA) is 29.1 Å². The van der Waals surface area contributed by atoms with Gasteiger partial charge in [0.25, 0.3) is 0 Å². The minimum Gasteiger partial charge on any atom is -0.349 e. The van der Waals surface area contributed by atoms with Gasteiger partial charge < -0.3 is 5.32 Å².